The number of nitrogens with zero attached hydrogens (tertiary/aromatic N) is 4. The van der Waals surface area contributed by atoms with Crippen molar-refractivity contribution < 1.29 is 4.52 Å². The quantitative estimate of drug-likeness (QED) is 0.733. The number of aromatic nitrogens is 4. The molecule has 3 aromatic heterocycles. The molecule has 6 heteroatoms. The highest BCUT2D eigenvalue weighted by atomic mass is 16.5. The fourth-order valence-electron chi connectivity index (χ4n) is 2.45. The van der Waals surface area contributed by atoms with Crippen LogP contribution in [0, 0.1) is 13.8 Å². The first kappa shape index (κ1) is 13.5. The second kappa shape index (κ2) is 5.47. The van der Waals surface area contributed by atoms with Gasteiger partial charge in [0.1, 0.15) is 5.76 Å². The maximum absolute atomic E-state index is 12.3. The Balaban J connectivity index is 1.77. The summed E-state index contributed by atoms with van der Waals surface area (Å²) in [5.41, 5.74) is 2.65. The molecule has 0 unspecified atom stereocenters. The van der Waals surface area contributed by atoms with Crippen LogP contribution in [0.2, 0.25) is 0 Å². The summed E-state index contributed by atoms with van der Waals surface area (Å²) in [4.78, 5) is 20.6. The van der Waals surface area contributed by atoms with Crippen molar-refractivity contribution in [2.45, 2.75) is 33.2 Å². The van der Waals surface area contributed by atoms with Crippen LogP contribution in [-0.4, -0.2) is 19.7 Å². The molecule has 0 bridgehead atoms. The average molecular weight is 284 g/mol. The molecule has 0 saturated carbocycles. The summed E-state index contributed by atoms with van der Waals surface area (Å²) in [7, 11) is 0. The number of fused-ring (bicyclic) bond motifs is 1. The number of hydrogen-bond acceptors (Lipinski definition) is 5. The van der Waals surface area contributed by atoms with Crippen LogP contribution in [0.25, 0.3) is 10.9 Å². The van der Waals surface area contributed by atoms with Crippen LogP contribution < -0.4 is 5.56 Å². The van der Waals surface area contributed by atoms with E-state index >= 15 is 0 Å². The van der Waals surface area contributed by atoms with E-state index in [9.17, 15) is 4.79 Å². The molecule has 0 aliphatic carbocycles. The summed E-state index contributed by atoms with van der Waals surface area (Å²) in [6.45, 7) is 4.46. The van der Waals surface area contributed by atoms with Crippen molar-refractivity contribution in [3.05, 3.63) is 52.2 Å². The molecule has 0 N–H and O–H groups in total. The van der Waals surface area contributed by atoms with E-state index in [1.807, 2.05) is 13.8 Å². The van der Waals surface area contributed by atoms with Gasteiger partial charge in [0.2, 0.25) is 0 Å². The predicted octanol–water partition coefficient (Wildman–Crippen LogP) is 2.03. The van der Waals surface area contributed by atoms with Gasteiger partial charge in [-0.3, -0.25) is 14.3 Å². The standard InChI is InChI=1S/C15H16N4O2/c1-10-12(11(2)21-18-10)4-3-7-19-9-17-14-8-16-6-5-13(14)15(19)20/h5-6,8-9H,3-4,7H2,1-2H3. The number of aryl methyl sites for hydroxylation is 3. The Morgan fingerprint density at radius 2 is 2.19 bits per heavy atom. The van der Waals surface area contributed by atoms with E-state index in [4.69, 9.17) is 4.52 Å². The zero-order valence-corrected chi connectivity index (χ0v) is 12.0. The van der Waals surface area contributed by atoms with Crippen LogP contribution in [-0.2, 0) is 13.0 Å². The second-order valence-corrected chi connectivity index (χ2v) is 5.04. The molecule has 3 heterocycles. The summed E-state index contributed by atoms with van der Waals surface area (Å²) in [6, 6.07) is 1.70. The SMILES string of the molecule is Cc1noc(C)c1CCCn1cnc2cnccc2c1=O. The number of pyridine rings is 1. The van der Waals surface area contributed by atoms with Gasteiger partial charge < -0.3 is 4.52 Å². The molecular weight excluding hydrogens is 268 g/mol. The summed E-state index contributed by atoms with van der Waals surface area (Å²) >= 11 is 0. The monoisotopic (exact) mass is 284 g/mol. The lowest BCUT2D eigenvalue weighted by Gasteiger charge is -2.06. The molecule has 0 aliphatic heterocycles. The Morgan fingerprint density at radius 3 is 2.95 bits per heavy atom. The highest BCUT2D eigenvalue weighted by Gasteiger charge is 2.09. The van der Waals surface area contributed by atoms with E-state index < -0.39 is 0 Å². The van der Waals surface area contributed by atoms with E-state index in [0.29, 0.717) is 17.4 Å². The van der Waals surface area contributed by atoms with Crippen LogP contribution in [0.1, 0.15) is 23.4 Å². The van der Waals surface area contributed by atoms with Gasteiger partial charge in [0.15, 0.2) is 0 Å². The Kier molecular flexibility index (Phi) is 3.51. The van der Waals surface area contributed by atoms with Crippen molar-refractivity contribution in [3.63, 3.8) is 0 Å². The number of hydrogen-bond donors (Lipinski definition) is 0. The molecule has 3 rings (SSSR count). The zero-order chi connectivity index (χ0) is 14.8. The van der Waals surface area contributed by atoms with Crippen molar-refractivity contribution in [3.8, 4) is 0 Å². The van der Waals surface area contributed by atoms with Gasteiger partial charge in [-0.15, -0.1) is 0 Å². The minimum atomic E-state index is -0.0267. The van der Waals surface area contributed by atoms with Gasteiger partial charge in [0.05, 0.1) is 29.1 Å². The first-order chi connectivity index (χ1) is 10.2. The Bertz CT molecular complexity index is 816. The van der Waals surface area contributed by atoms with Crippen LogP contribution in [0.3, 0.4) is 0 Å². The van der Waals surface area contributed by atoms with E-state index in [1.54, 1.807) is 29.4 Å². The topological polar surface area (TPSA) is 73.8 Å². The van der Waals surface area contributed by atoms with Crippen molar-refractivity contribution >= 4 is 10.9 Å². The van der Waals surface area contributed by atoms with E-state index in [1.165, 1.54) is 0 Å². The third kappa shape index (κ3) is 2.56. The number of rotatable bonds is 4. The third-order valence-electron chi connectivity index (χ3n) is 3.63. The molecule has 108 valence electrons. The molecule has 0 aliphatic rings. The zero-order valence-electron chi connectivity index (χ0n) is 12.0. The molecule has 3 aromatic rings. The van der Waals surface area contributed by atoms with Crippen LogP contribution in [0.15, 0.2) is 34.1 Å². The van der Waals surface area contributed by atoms with E-state index in [2.05, 4.69) is 15.1 Å². The van der Waals surface area contributed by atoms with E-state index in [0.717, 1.165) is 29.9 Å². The average Bonchev–Trinajstić information content (AvgIpc) is 2.81. The largest absolute Gasteiger partial charge is 0.361 e. The molecule has 0 spiro atoms. The smallest absolute Gasteiger partial charge is 0.261 e. The van der Waals surface area contributed by atoms with Gasteiger partial charge >= 0.3 is 0 Å². The molecule has 21 heavy (non-hydrogen) atoms. The van der Waals surface area contributed by atoms with Gasteiger partial charge in [0, 0.05) is 18.3 Å². The molecule has 6 nitrogen and oxygen atoms in total. The molecular formula is C15H16N4O2. The van der Waals surface area contributed by atoms with Crippen molar-refractivity contribution in [1.82, 2.24) is 19.7 Å². The summed E-state index contributed by atoms with van der Waals surface area (Å²) in [5.74, 6) is 0.850. The Labute approximate surface area is 121 Å². The lowest BCUT2D eigenvalue weighted by molar-refractivity contribution is 0.392. The fraction of sp³-hybridized carbons (Fsp3) is 0.333. The lowest BCUT2D eigenvalue weighted by Crippen LogP contribution is -2.21. The lowest BCUT2D eigenvalue weighted by atomic mass is 10.1. The van der Waals surface area contributed by atoms with Gasteiger partial charge in [-0.1, -0.05) is 5.16 Å². The normalized spacial score (nSPS) is 11.1. The minimum absolute atomic E-state index is 0.0267. The van der Waals surface area contributed by atoms with Crippen molar-refractivity contribution in [2.75, 3.05) is 0 Å². The first-order valence-electron chi connectivity index (χ1n) is 6.87. The van der Waals surface area contributed by atoms with Gasteiger partial charge in [-0.2, -0.15) is 0 Å². The molecule has 0 aromatic carbocycles. The highest BCUT2D eigenvalue weighted by molar-refractivity contribution is 5.75. The van der Waals surface area contributed by atoms with Gasteiger partial charge in [-0.05, 0) is 32.8 Å². The van der Waals surface area contributed by atoms with Gasteiger partial charge in [-0.25, -0.2) is 4.98 Å². The summed E-state index contributed by atoms with van der Waals surface area (Å²) in [5, 5.41) is 4.54. The second-order valence-electron chi connectivity index (χ2n) is 5.04. The third-order valence-corrected chi connectivity index (χ3v) is 3.63. The fourth-order valence-corrected chi connectivity index (χ4v) is 2.45. The van der Waals surface area contributed by atoms with Crippen LogP contribution in [0.4, 0.5) is 0 Å². The van der Waals surface area contributed by atoms with Crippen LogP contribution in [0.5, 0.6) is 0 Å². The molecule has 0 saturated heterocycles. The summed E-state index contributed by atoms with van der Waals surface area (Å²) in [6.07, 6.45) is 6.47. The van der Waals surface area contributed by atoms with Gasteiger partial charge in [0.25, 0.3) is 5.56 Å². The predicted molar refractivity (Wildman–Crippen MR) is 78.1 cm³/mol. The van der Waals surface area contributed by atoms with Crippen molar-refractivity contribution in [2.24, 2.45) is 0 Å². The Morgan fingerprint density at radius 1 is 1.33 bits per heavy atom. The highest BCUT2D eigenvalue weighted by Crippen LogP contribution is 2.14. The van der Waals surface area contributed by atoms with Crippen molar-refractivity contribution in [1.29, 1.82) is 0 Å². The molecule has 0 radical (unpaired) electrons. The Hall–Kier alpha value is -2.50. The maximum Gasteiger partial charge on any atom is 0.261 e. The summed E-state index contributed by atoms with van der Waals surface area (Å²) < 4.78 is 6.78. The first-order valence-corrected chi connectivity index (χ1v) is 6.87. The van der Waals surface area contributed by atoms with Crippen LogP contribution >= 0.6 is 0 Å². The maximum atomic E-state index is 12.3. The van der Waals surface area contributed by atoms with E-state index in [-0.39, 0.29) is 5.56 Å². The minimum Gasteiger partial charge on any atom is -0.361 e. The molecule has 0 fully saturated rings. The molecule has 0 amide bonds. The molecule has 0 atom stereocenters.